The lowest BCUT2D eigenvalue weighted by molar-refractivity contribution is 0.282. The van der Waals surface area contributed by atoms with Crippen LogP contribution in [0.3, 0.4) is 0 Å². The maximum absolute atomic E-state index is 10.3. The molecule has 3 heteroatoms. The lowest BCUT2D eigenvalue weighted by Crippen LogP contribution is -2.10. The van der Waals surface area contributed by atoms with Crippen molar-refractivity contribution in [3.05, 3.63) is 74.4 Å². The summed E-state index contributed by atoms with van der Waals surface area (Å²) in [5.41, 5.74) is 9.95. The van der Waals surface area contributed by atoms with Crippen LogP contribution in [0.15, 0.2) is 48.5 Å². The number of ether oxygens (including phenoxy) is 1. The Morgan fingerprint density at radius 3 is 1.88 bits per heavy atom. The zero-order valence-electron chi connectivity index (χ0n) is 20.3. The quantitative estimate of drug-likeness (QED) is 0.304. The molecular formula is C29H35IO2. The summed E-state index contributed by atoms with van der Waals surface area (Å²) in [5, 5.41) is 10.3. The van der Waals surface area contributed by atoms with E-state index in [0.717, 1.165) is 20.4 Å². The maximum atomic E-state index is 10.3. The van der Waals surface area contributed by atoms with Gasteiger partial charge < -0.3 is 9.84 Å². The highest BCUT2D eigenvalue weighted by atomic mass is 127. The molecule has 0 radical (unpaired) electrons. The molecule has 0 aliphatic rings. The van der Waals surface area contributed by atoms with Crippen LogP contribution in [0.5, 0.6) is 5.75 Å². The largest absolute Gasteiger partial charge is 0.496 e. The van der Waals surface area contributed by atoms with Crippen molar-refractivity contribution in [3.8, 4) is 28.0 Å². The molecule has 0 saturated heterocycles. The van der Waals surface area contributed by atoms with Crippen molar-refractivity contribution in [2.75, 3.05) is 7.11 Å². The minimum absolute atomic E-state index is 0.00297. The number of hydrogen-bond donors (Lipinski definition) is 1. The Morgan fingerprint density at radius 1 is 0.781 bits per heavy atom. The van der Waals surface area contributed by atoms with Crippen molar-refractivity contribution in [3.63, 3.8) is 0 Å². The molecule has 1 N–H and O–H groups in total. The summed E-state index contributed by atoms with van der Waals surface area (Å²) in [6.45, 7) is 13.7. The van der Waals surface area contributed by atoms with Gasteiger partial charge in [0.2, 0.25) is 0 Å². The second-order valence-corrected chi connectivity index (χ2v) is 10.4. The molecule has 0 aliphatic heterocycles. The average molecular weight is 543 g/mol. The monoisotopic (exact) mass is 542 g/mol. The van der Waals surface area contributed by atoms with Crippen molar-refractivity contribution in [1.29, 1.82) is 0 Å². The third-order valence-corrected chi connectivity index (χ3v) is 7.21. The Morgan fingerprint density at radius 2 is 1.38 bits per heavy atom. The van der Waals surface area contributed by atoms with Gasteiger partial charge in [-0.2, -0.15) is 0 Å². The number of halogens is 1. The topological polar surface area (TPSA) is 29.5 Å². The molecule has 0 unspecified atom stereocenters. The van der Waals surface area contributed by atoms with Crippen LogP contribution >= 0.6 is 22.6 Å². The summed E-state index contributed by atoms with van der Waals surface area (Å²) in [6, 6.07) is 17.1. The Labute approximate surface area is 207 Å². The van der Waals surface area contributed by atoms with Gasteiger partial charge in [-0.25, -0.2) is 0 Å². The molecule has 32 heavy (non-hydrogen) atoms. The predicted molar refractivity (Wildman–Crippen MR) is 145 cm³/mol. The van der Waals surface area contributed by atoms with E-state index in [2.05, 4.69) is 101 Å². The minimum atomic E-state index is -0.00297. The minimum Gasteiger partial charge on any atom is -0.496 e. The van der Waals surface area contributed by atoms with Gasteiger partial charge in [0.25, 0.3) is 0 Å². The van der Waals surface area contributed by atoms with Crippen molar-refractivity contribution in [2.45, 2.75) is 65.9 Å². The Hall–Kier alpha value is -1.85. The zero-order valence-corrected chi connectivity index (χ0v) is 22.4. The third kappa shape index (κ3) is 4.60. The van der Waals surface area contributed by atoms with Gasteiger partial charge in [-0.15, -0.1) is 0 Å². The van der Waals surface area contributed by atoms with E-state index in [1.54, 1.807) is 7.11 Å². The van der Waals surface area contributed by atoms with Gasteiger partial charge in [0.05, 0.1) is 17.3 Å². The van der Waals surface area contributed by atoms with E-state index in [-0.39, 0.29) is 6.61 Å². The highest BCUT2D eigenvalue weighted by Gasteiger charge is 2.27. The number of methoxy groups -OCH3 is 1. The first-order valence-electron chi connectivity index (χ1n) is 11.4. The van der Waals surface area contributed by atoms with Crippen molar-refractivity contribution in [2.24, 2.45) is 0 Å². The van der Waals surface area contributed by atoms with E-state index in [0.29, 0.717) is 17.8 Å². The van der Waals surface area contributed by atoms with Gasteiger partial charge in [0.1, 0.15) is 5.75 Å². The van der Waals surface area contributed by atoms with E-state index in [1.807, 2.05) is 12.1 Å². The van der Waals surface area contributed by atoms with E-state index in [4.69, 9.17) is 4.74 Å². The first-order valence-corrected chi connectivity index (χ1v) is 12.5. The van der Waals surface area contributed by atoms with Crippen LogP contribution in [0.2, 0.25) is 0 Å². The van der Waals surface area contributed by atoms with Crippen LogP contribution in [-0.2, 0) is 6.61 Å². The summed E-state index contributed by atoms with van der Waals surface area (Å²) >= 11 is 2.39. The zero-order chi connectivity index (χ0) is 23.6. The fourth-order valence-corrected chi connectivity index (χ4v) is 5.61. The fraction of sp³-hybridized carbons (Fsp3) is 0.379. The van der Waals surface area contributed by atoms with Crippen LogP contribution in [0, 0.1) is 3.57 Å². The second-order valence-electron chi connectivity index (χ2n) is 9.32. The molecule has 2 nitrogen and oxygen atoms in total. The molecule has 0 saturated carbocycles. The Balaban J connectivity index is 2.60. The van der Waals surface area contributed by atoms with Crippen molar-refractivity contribution in [1.82, 2.24) is 0 Å². The summed E-state index contributed by atoms with van der Waals surface area (Å²) in [5.74, 6) is 1.90. The van der Waals surface area contributed by atoms with Gasteiger partial charge in [-0.05, 0) is 85.4 Å². The van der Waals surface area contributed by atoms with Crippen LogP contribution in [0.25, 0.3) is 22.3 Å². The van der Waals surface area contributed by atoms with Gasteiger partial charge in [0.15, 0.2) is 0 Å². The van der Waals surface area contributed by atoms with Crippen LogP contribution in [-0.4, -0.2) is 12.2 Å². The summed E-state index contributed by atoms with van der Waals surface area (Å²) < 4.78 is 6.75. The van der Waals surface area contributed by atoms with E-state index in [9.17, 15) is 5.11 Å². The lowest BCUT2D eigenvalue weighted by atomic mass is 9.75. The standard InChI is InChI=1S/C29H35IO2/c1-17(2)22-15-23(18(3)4)28(27-21(16-31)13-14-24(32-7)29(27)30)25(19(5)6)26(22)20-11-9-8-10-12-20/h8-15,17-19,31H,16H2,1-7H3. The molecule has 0 amide bonds. The highest BCUT2D eigenvalue weighted by molar-refractivity contribution is 14.1. The number of rotatable bonds is 7. The molecule has 170 valence electrons. The SMILES string of the molecule is COc1ccc(CO)c(-c2c(C(C)C)cc(C(C)C)c(-c3ccccc3)c2C(C)C)c1I. The fourth-order valence-electron chi connectivity index (χ4n) is 4.60. The molecule has 0 fully saturated rings. The number of hydrogen-bond acceptors (Lipinski definition) is 2. The van der Waals surface area contributed by atoms with Gasteiger partial charge in [0, 0.05) is 5.56 Å². The summed E-state index contributed by atoms with van der Waals surface area (Å²) in [6.07, 6.45) is 0. The molecule has 3 rings (SSSR count). The number of aliphatic hydroxyl groups excluding tert-OH is 1. The van der Waals surface area contributed by atoms with E-state index < -0.39 is 0 Å². The molecule has 0 aromatic heterocycles. The molecule has 0 bridgehead atoms. The number of aliphatic hydroxyl groups is 1. The van der Waals surface area contributed by atoms with Gasteiger partial charge >= 0.3 is 0 Å². The van der Waals surface area contributed by atoms with Gasteiger partial charge in [-0.1, -0.05) is 84.0 Å². The number of benzene rings is 3. The molecule has 3 aromatic rings. The van der Waals surface area contributed by atoms with E-state index >= 15 is 0 Å². The highest BCUT2D eigenvalue weighted by Crippen LogP contribution is 2.48. The van der Waals surface area contributed by atoms with Crippen LogP contribution in [0.4, 0.5) is 0 Å². The summed E-state index contributed by atoms with van der Waals surface area (Å²) in [7, 11) is 1.71. The molecule has 0 atom stereocenters. The normalized spacial score (nSPS) is 11.6. The molecular weight excluding hydrogens is 507 g/mol. The maximum Gasteiger partial charge on any atom is 0.132 e. The third-order valence-electron chi connectivity index (χ3n) is 6.14. The predicted octanol–water partition coefficient (Wildman–Crippen LogP) is 8.50. The Kier molecular flexibility index (Phi) is 8.05. The van der Waals surface area contributed by atoms with Crippen LogP contribution in [0.1, 0.15) is 81.5 Å². The van der Waals surface area contributed by atoms with Crippen LogP contribution < -0.4 is 4.74 Å². The second kappa shape index (κ2) is 10.4. The van der Waals surface area contributed by atoms with Crippen molar-refractivity contribution >= 4 is 22.6 Å². The van der Waals surface area contributed by atoms with Gasteiger partial charge in [-0.3, -0.25) is 0 Å². The smallest absolute Gasteiger partial charge is 0.132 e. The van der Waals surface area contributed by atoms with E-state index in [1.165, 1.54) is 33.4 Å². The molecule has 3 aromatic carbocycles. The lowest BCUT2D eigenvalue weighted by Gasteiger charge is -2.29. The molecule has 0 spiro atoms. The summed E-state index contributed by atoms with van der Waals surface area (Å²) in [4.78, 5) is 0. The van der Waals surface area contributed by atoms with Crippen molar-refractivity contribution < 1.29 is 9.84 Å². The molecule has 0 heterocycles. The Bertz CT molecular complexity index is 1080. The first kappa shape index (κ1) is 24.8. The average Bonchev–Trinajstić information content (AvgIpc) is 2.77. The molecule has 0 aliphatic carbocycles. The first-order chi connectivity index (χ1) is 15.2.